The van der Waals surface area contributed by atoms with Gasteiger partial charge in [-0.15, -0.1) is 0 Å². The summed E-state index contributed by atoms with van der Waals surface area (Å²) in [6.07, 6.45) is 0. The molecule has 10 aromatic rings. The van der Waals surface area contributed by atoms with Crippen molar-refractivity contribution in [3.05, 3.63) is 188 Å². The summed E-state index contributed by atoms with van der Waals surface area (Å²) in [4.78, 5) is 2.41. The molecule has 0 heterocycles. The van der Waals surface area contributed by atoms with Crippen LogP contribution in [0.15, 0.2) is 188 Å². The molecular formula is C48H31N. The smallest absolute Gasteiger partial charge is 0.0468 e. The summed E-state index contributed by atoms with van der Waals surface area (Å²) in [5, 5.41) is 15.3. The maximum atomic E-state index is 2.41. The van der Waals surface area contributed by atoms with E-state index in [2.05, 4.69) is 193 Å². The molecule has 1 heteroatoms. The predicted octanol–water partition coefficient (Wildman–Crippen LogP) is 13.7. The monoisotopic (exact) mass is 621 g/mol. The number of hydrogen-bond donors (Lipinski definition) is 0. The van der Waals surface area contributed by atoms with Crippen LogP contribution in [0.1, 0.15) is 0 Å². The van der Waals surface area contributed by atoms with E-state index in [4.69, 9.17) is 0 Å². The first kappa shape index (κ1) is 27.7. The summed E-state index contributed by atoms with van der Waals surface area (Å²) in [6.45, 7) is 0. The Morgan fingerprint density at radius 1 is 0.245 bits per heavy atom. The molecule has 49 heavy (non-hydrogen) atoms. The quantitative estimate of drug-likeness (QED) is 0.177. The molecule has 228 valence electrons. The van der Waals surface area contributed by atoms with Gasteiger partial charge in [0.2, 0.25) is 0 Å². The highest BCUT2D eigenvalue weighted by molar-refractivity contribution is 6.26. The standard InChI is InChI=1S/C48H31N/c1-2-10-32(11-3-1)33-22-24-37(25-23-33)49(38-26-28-41-36(30-38)21-20-35-19-18-34-12-4-5-13-40(34)48(35)41)39-27-29-46-44-16-7-6-14-42(44)43-15-8-9-17-45(43)47(46)31-39/h1-31H. The molecule has 0 N–H and O–H groups in total. The van der Waals surface area contributed by atoms with Crippen LogP contribution in [0, 0.1) is 0 Å². The first-order valence-electron chi connectivity index (χ1n) is 16.9. The van der Waals surface area contributed by atoms with Crippen LogP contribution in [0.5, 0.6) is 0 Å². The minimum Gasteiger partial charge on any atom is -0.310 e. The lowest BCUT2D eigenvalue weighted by molar-refractivity contribution is 1.30. The molecule has 0 radical (unpaired) electrons. The van der Waals surface area contributed by atoms with Crippen molar-refractivity contribution < 1.29 is 0 Å². The molecule has 0 saturated heterocycles. The van der Waals surface area contributed by atoms with Crippen LogP contribution < -0.4 is 4.90 Å². The number of hydrogen-bond acceptors (Lipinski definition) is 1. The largest absolute Gasteiger partial charge is 0.310 e. The van der Waals surface area contributed by atoms with E-state index in [-0.39, 0.29) is 0 Å². The van der Waals surface area contributed by atoms with E-state index in [1.807, 2.05) is 0 Å². The summed E-state index contributed by atoms with van der Waals surface area (Å²) in [5.41, 5.74) is 5.80. The first-order valence-corrected chi connectivity index (χ1v) is 16.9. The third-order valence-electron chi connectivity index (χ3n) is 10.2. The fourth-order valence-electron chi connectivity index (χ4n) is 7.88. The average molecular weight is 622 g/mol. The van der Waals surface area contributed by atoms with Crippen LogP contribution in [0.2, 0.25) is 0 Å². The first-order chi connectivity index (χ1) is 24.3. The van der Waals surface area contributed by atoms with Crippen molar-refractivity contribution in [2.75, 3.05) is 4.90 Å². The number of anilines is 3. The van der Waals surface area contributed by atoms with Crippen molar-refractivity contribution in [1.82, 2.24) is 0 Å². The third kappa shape index (κ3) is 4.47. The van der Waals surface area contributed by atoms with Crippen molar-refractivity contribution >= 4 is 81.7 Å². The summed E-state index contributed by atoms with van der Waals surface area (Å²) in [5.74, 6) is 0. The normalized spacial score (nSPS) is 11.7. The summed E-state index contributed by atoms with van der Waals surface area (Å²) in [6, 6.07) is 68.8. The number of nitrogens with zero attached hydrogens (tertiary/aromatic N) is 1. The Bertz CT molecular complexity index is 2830. The van der Waals surface area contributed by atoms with E-state index >= 15 is 0 Å². The van der Waals surface area contributed by atoms with Gasteiger partial charge < -0.3 is 4.90 Å². The van der Waals surface area contributed by atoms with Crippen molar-refractivity contribution in [2.45, 2.75) is 0 Å². The van der Waals surface area contributed by atoms with Gasteiger partial charge in [0.05, 0.1) is 0 Å². The molecule has 1 nitrogen and oxygen atoms in total. The molecule has 0 saturated carbocycles. The summed E-state index contributed by atoms with van der Waals surface area (Å²) < 4.78 is 0. The minimum atomic E-state index is 1.12. The molecule has 0 unspecified atom stereocenters. The van der Waals surface area contributed by atoms with E-state index in [1.54, 1.807) is 0 Å². The van der Waals surface area contributed by atoms with Gasteiger partial charge >= 0.3 is 0 Å². The molecular weight excluding hydrogens is 591 g/mol. The minimum absolute atomic E-state index is 1.12. The SMILES string of the molecule is c1ccc(-c2ccc(N(c3ccc4c(ccc5ccc6ccccc6c54)c3)c3ccc4c5ccccc5c5ccccc5c4c3)cc2)cc1. The molecule has 0 aliphatic rings. The van der Waals surface area contributed by atoms with E-state index in [9.17, 15) is 0 Å². The number of fused-ring (bicyclic) bond motifs is 11. The van der Waals surface area contributed by atoms with Crippen LogP contribution >= 0.6 is 0 Å². The fraction of sp³-hybridized carbons (Fsp3) is 0. The summed E-state index contributed by atoms with van der Waals surface area (Å²) in [7, 11) is 0. The molecule has 0 aromatic heterocycles. The molecule has 0 aliphatic carbocycles. The molecule has 0 fully saturated rings. The predicted molar refractivity (Wildman–Crippen MR) is 212 cm³/mol. The van der Waals surface area contributed by atoms with Gasteiger partial charge in [0.15, 0.2) is 0 Å². The van der Waals surface area contributed by atoms with Gasteiger partial charge in [-0.05, 0) is 112 Å². The van der Waals surface area contributed by atoms with Crippen LogP contribution in [0.25, 0.3) is 75.8 Å². The molecule has 10 rings (SSSR count). The van der Waals surface area contributed by atoms with Crippen molar-refractivity contribution in [1.29, 1.82) is 0 Å². The zero-order valence-electron chi connectivity index (χ0n) is 26.8. The lowest BCUT2D eigenvalue weighted by atomic mass is 9.93. The van der Waals surface area contributed by atoms with Gasteiger partial charge in [-0.3, -0.25) is 0 Å². The van der Waals surface area contributed by atoms with Crippen LogP contribution in [0.3, 0.4) is 0 Å². The van der Waals surface area contributed by atoms with Gasteiger partial charge in [0, 0.05) is 17.1 Å². The molecule has 0 amide bonds. The lowest BCUT2D eigenvalue weighted by Crippen LogP contribution is -2.10. The molecule has 0 spiro atoms. The Balaban J connectivity index is 1.21. The second-order valence-corrected chi connectivity index (χ2v) is 12.9. The van der Waals surface area contributed by atoms with Crippen molar-refractivity contribution in [3.8, 4) is 11.1 Å². The molecule has 0 aliphatic heterocycles. The van der Waals surface area contributed by atoms with E-state index < -0.39 is 0 Å². The molecule has 0 bridgehead atoms. The maximum Gasteiger partial charge on any atom is 0.0468 e. The summed E-state index contributed by atoms with van der Waals surface area (Å²) >= 11 is 0. The highest BCUT2D eigenvalue weighted by atomic mass is 15.1. The Morgan fingerprint density at radius 3 is 1.39 bits per heavy atom. The Morgan fingerprint density at radius 2 is 0.694 bits per heavy atom. The topological polar surface area (TPSA) is 3.24 Å². The Hall–Kier alpha value is -6.44. The Kier molecular flexibility index (Phi) is 6.25. The van der Waals surface area contributed by atoms with E-state index in [1.165, 1.54) is 75.8 Å². The molecule has 0 atom stereocenters. The van der Waals surface area contributed by atoms with Crippen LogP contribution in [-0.2, 0) is 0 Å². The van der Waals surface area contributed by atoms with Crippen molar-refractivity contribution in [2.24, 2.45) is 0 Å². The highest BCUT2D eigenvalue weighted by Gasteiger charge is 2.17. The highest BCUT2D eigenvalue weighted by Crippen LogP contribution is 2.42. The van der Waals surface area contributed by atoms with E-state index in [0.29, 0.717) is 0 Å². The average Bonchev–Trinajstić information content (AvgIpc) is 3.18. The zero-order chi connectivity index (χ0) is 32.3. The number of rotatable bonds is 4. The zero-order valence-corrected chi connectivity index (χ0v) is 26.8. The maximum absolute atomic E-state index is 2.41. The second kappa shape index (κ2) is 11.1. The van der Waals surface area contributed by atoms with E-state index in [0.717, 1.165) is 17.1 Å². The fourth-order valence-corrected chi connectivity index (χ4v) is 7.88. The van der Waals surface area contributed by atoms with Crippen molar-refractivity contribution in [3.63, 3.8) is 0 Å². The lowest BCUT2D eigenvalue weighted by Gasteiger charge is -2.27. The van der Waals surface area contributed by atoms with Gasteiger partial charge in [-0.2, -0.15) is 0 Å². The van der Waals surface area contributed by atoms with Crippen LogP contribution in [0.4, 0.5) is 17.1 Å². The number of benzene rings is 10. The van der Waals surface area contributed by atoms with Gasteiger partial charge in [0.25, 0.3) is 0 Å². The Labute approximate surface area is 284 Å². The van der Waals surface area contributed by atoms with Crippen LogP contribution in [-0.4, -0.2) is 0 Å². The van der Waals surface area contributed by atoms with Gasteiger partial charge in [-0.1, -0.05) is 152 Å². The third-order valence-corrected chi connectivity index (χ3v) is 10.2. The van der Waals surface area contributed by atoms with Gasteiger partial charge in [0.1, 0.15) is 0 Å². The molecule has 10 aromatic carbocycles. The second-order valence-electron chi connectivity index (χ2n) is 12.9. The van der Waals surface area contributed by atoms with Gasteiger partial charge in [-0.25, -0.2) is 0 Å².